The first-order valence-electron chi connectivity index (χ1n) is 11.4. The molecular weight excluding hydrogens is 448 g/mol. The fraction of sp³-hybridized carbons (Fsp3) is 0.667. The number of sulfonamides is 1. The minimum absolute atomic E-state index is 0.0890. The van der Waals surface area contributed by atoms with Crippen molar-refractivity contribution < 1.29 is 18.0 Å². The summed E-state index contributed by atoms with van der Waals surface area (Å²) in [4.78, 5) is 25.8. The standard InChI is InChI=1S/C24H33ClN2O4S/c1-14-19(25)6-5-7-20(14)32(30,31)27(4)23(2,3)21(28)10-18-16-8-15-9-17(18)13-24(11-15,12-16)22(26)29/h5-7,15-18H,8-13H2,1-4H3,(H2,26,29). The van der Waals surface area contributed by atoms with E-state index in [4.69, 9.17) is 17.3 Å². The van der Waals surface area contributed by atoms with E-state index in [-0.39, 0.29) is 22.5 Å². The van der Waals surface area contributed by atoms with E-state index in [0.717, 1.165) is 32.1 Å². The van der Waals surface area contributed by atoms with Gasteiger partial charge in [0.05, 0.1) is 10.4 Å². The molecule has 2 N–H and O–H groups in total. The summed E-state index contributed by atoms with van der Waals surface area (Å²) in [5.74, 6) is 1.05. The lowest BCUT2D eigenvalue weighted by Crippen LogP contribution is -2.57. The van der Waals surface area contributed by atoms with E-state index >= 15 is 0 Å². The number of Topliss-reactive ketones (excluding diaryl/α,β-unsaturated/α-hetero) is 1. The molecule has 32 heavy (non-hydrogen) atoms. The van der Waals surface area contributed by atoms with Crippen molar-refractivity contribution in [2.24, 2.45) is 34.8 Å². The Morgan fingerprint density at radius 1 is 1.19 bits per heavy atom. The number of primary amides is 1. The van der Waals surface area contributed by atoms with Crippen LogP contribution in [0.5, 0.6) is 0 Å². The van der Waals surface area contributed by atoms with E-state index in [1.54, 1.807) is 32.9 Å². The number of nitrogens with two attached hydrogens (primary N) is 1. The van der Waals surface area contributed by atoms with E-state index in [1.165, 1.54) is 17.4 Å². The second-order valence-corrected chi connectivity index (χ2v) is 13.1. The predicted octanol–water partition coefficient (Wildman–Crippen LogP) is 3.93. The minimum Gasteiger partial charge on any atom is -0.369 e. The molecule has 0 heterocycles. The predicted molar refractivity (Wildman–Crippen MR) is 124 cm³/mol. The van der Waals surface area contributed by atoms with Gasteiger partial charge in [0.25, 0.3) is 0 Å². The summed E-state index contributed by atoms with van der Waals surface area (Å²) in [6.07, 6.45) is 4.84. The number of carbonyl (C=O) groups is 2. The van der Waals surface area contributed by atoms with Crippen molar-refractivity contribution in [3.05, 3.63) is 28.8 Å². The Balaban J connectivity index is 1.54. The van der Waals surface area contributed by atoms with E-state index in [0.29, 0.717) is 34.8 Å². The summed E-state index contributed by atoms with van der Waals surface area (Å²) in [5.41, 5.74) is 4.66. The summed E-state index contributed by atoms with van der Waals surface area (Å²) in [5, 5.41) is 0.376. The Hall–Kier alpha value is -1.44. The third kappa shape index (κ3) is 3.61. The molecule has 4 aliphatic carbocycles. The third-order valence-electron chi connectivity index (χ3n) is 8.74. The maximum Gasteiger partial charge on any atom is 0.244 e. The SMILES string of the molecule is Cc1c(Cl)cccc1S(=O)(=O)N(C)C(C)(C)C(=O)CC1C2CC3CC1CC(C(N)=O)(C3)C2. The van der Waals surface area contributed by atoms with Gasteiger partial charge in [-0.05, 0) is 94.2 Å². The average Bonchev–Trinajstić information content (AvgIpc) is 2.71. The number of amides is 1. The van der Waals surface area contributed by atoms with Crippen molar-refractivity contribution in [3.8, 4) is 0 Å². The van der Waals surface area contributed by atoms with Gasteiger partial charge in [0.2, 0.25) is 15.9 Å². The van der Waals surface area contributed by atoms with Crippen molar-refractivity contribution in [1.82, 2.24) is 4.31 Å². The number of benzene rings is 1. The highest BCUT2D eigenvalue weighted by Gasteiger charge is 2.58. The van der Waals surface area contributed by atoms with Crippen LogP contribution in [0.2, 0.25) is 5.02 Å². The van der Waals surface area contributed by atoms with Gasteiger partial charge in [-0.1, -0.05) is 17.7 Å². The maximum absolute atomic E-state index is 13.5. The number of rotatable bonds is 7. The zero-order valence-electron chi connectivity index (χ0n) is 19.2. The molecule has 6 nitrogen and oxygen atoms in total. The number of ketones is 1. The van der Waals surface area contributed by atoms with Crippen LogP contribution < -0.4 is 5.73 Å². The molecule has 4 saturated carbocycles. The van der Waals surface area contributed by atoms with Gasteiger partial charge in [0.1, 0.15) is 0 Å². The molecule has 0 aliphatic heterocycles. The molecule has 0 spiro atoms. The fourth-order valence-electron chi connectivity index (χ4n) is 6.72. The molecule has 5 rings (SSSR count). The van der Waals surface area contributed by atoms with Crippen LogP contribution in [-0.2, 0) is 19.6 Å². The van der Waals surface area contributed by atoms with Gasteiger partial charge < -0.3 is 5.73 Å². The molecule has 8 heteroatoms. The van der Waals surface area contributed by atoms with Gasteiger partial charge in [0, 0.05) is 23.9 Å². The number of nitrogens with zero attached hydrogens (tertiary/aromatic N) is 1. The minimum atomic E-state index is -3.91. The monoisotopic (exact) mass is 480 g/mol. The molecule has 4 aliphatic rings. The van der Waals surface area contributed by atoms with Gasteiger partial charge in [-0.3, -0.25) is 9.59 Å². The van der Waals surface area contributed by atoms with Crippen LogP contribution in [-0.4, -0.2) is 37.0 Å². The molecule has 2 atom stereocenters. The molecular formula is C24H33ClN2O4S. The molecule has 1 aromatic carbocycles. The first kappa shape index (κ1) is 23.7. The molecule has 0 aromatic heterocycles. The van der Waals surface area contributed by atoms with E-state index in [1.807, 2.05) is 0 Å². The van der Waals surface area contributed by atoms with Crippen LogP contribution in [0, 0.1) is 36.0 Å². The van der Waals surface area contributed by atoms with Crippen molar-refractivity contribution in [3.63, 3.8) is 0 Å². The van der Waals surface area contributed by atoms with E-state index < -0.39 is 21.0 Å². The van der Waals surface area contributed by atoms with Crippen molar-refractivity contribution in [1.29, 1.82) is 0 Å². The van der Waals surface area contributed by atoms with Crippen molar-refractivity contribution in [2.45, 2.75) is 69.7 Å². The molecule has 2 unspecified atom stereocenters. The van der Waals surface area contributed by atoms with Gasteiger partial charge in [-0.15, -0.1) is 0 Å². The quantitative estimate of drug-likeness (QED) is 0.639. The van der Waals surface area contributed by atoms with E-state index in [2.05, 4.69) is 0 Å². The Morgan fingerprint density at radius 3 is 2.34 bits per heavy atom. The Bertz CT molecular complexity index is 1050. The summed E-state index contributed by atoms with van der Waals surface area (Å²) in [7, 11) is -2.45. The van der Waals surface area contributed by atoms with Crippen molar-refractivity contribution in [2.75, 3.05) is 7.05 Å². The number of halogens is 1. The van der Waals surface area contributed by atoms with Crippen LogP contribution in [0.1, 0.15) is 57.9 Å². The second-order valence-electron chi connectivity index (χ2n) is 10.8. The lowest BCUT2D eigenvalue weighted by Gasteiger charge is -2.59. The molecule has 176 valence electrons. The highest BCUT2D eigenvalue weighted by molar-refractivity contribution is 7.89. The molecule has 1 aromatic rings. The number of likely N-dealkylation sites (N-methyl/N-ethyl adjacent to an activating group) is 1. The van der Waals surface area contributed by atoms with Gasteiger partial charge in [-0.2, -0.15) is 4.31 Å². The normalized spacial score (nSPS) is 31.8. The Labute approximate surface area is 195 Å². The molecule has 4 bridgehead atoms. The molecule has 4 fully saturated rings. The van der Waals surface area contributed by atoms with Crippen LogP contribution in [0.4, 0.5) is 0 Å². The van der Waals surface area contributed by atoms with Crippen LogP contribution in [0.3, 0.4) is 0 Å². The van der Waals surface area contributed by atoms with Crippen molar-refractivity contribution >= 4 is 33.3 Å². The lowest BCUT2D eigenvalue weighted by molar-refractivity contribution is -0.152. The first-order valence-corrected chi connectivity index (χ1v) is 13.2. The summed E-state index contributed by atoms with van der Waals surface area (Å²) in [6.45, 7) is 5.02. The van der Waals surface area contributed by atoms with Crippen LogP contribution in [0.25, 0.3) is 0 Å². The summed E-state index contributed by atoms with van der Waals surface area (Å²) < 4.78 is 27.9. The second kappa shape index (κ2) is 7.81. The largest absolute Gasteiger partial charge is 0.369 e. The number of hydrogen-bond donors (Lipinski definition) is 1. The van der Waals surface area contributed by atoms with Crippen LogP contribution >= 0.6 is 11.6 Å². The Kier molecular flexibility index (Phi) is 5.79. The van der Waals surface area contributed by atoms with E-state index in [9.17, 15) is 18.0 Å². The third-order valence-corrected chi connectivity index (χ3v) is 11.3. The molecule has 0 saturated heterocycles. The molecule has 0 radical (unpaired) electrons. The highest BCUT2D eigenvalue weighted by Crippen LogP contribution is 2.63. The highest BCUT2D eigenvalue weighted by atomic mass is 35.5. The number of hydrogen-bond acceptors (Lipinski definition) is 4. The summed E-state index contributed by atoms with van der Waals surface area (Å²) >= 11 is 6.15. The van der Waals surface area contributed by atoms with Crippen LogP contribution in [0.15, 0.2) is 23.1 Å². The fourth-order valence-corrected chi connectivity index (χ4v) is 8.69. The maximum atomic E-state index is 13.5. The number of carbonyl (C=O) groups excluding carboxylic acids is 2. The first-order chi connectivity index (χ1) is 14.8. The summed E-state index contributed by atoms with van der Waals surface area (Å²) in [6, 6.07) is 4.78. The lowest BCUT2D eigenvalue weighted by atomic mass is 9.45. The zero-order valence-corrected chi connectivity index (χ0v) is 20.8. The smallest absolute Gasteiger partial charge is 0.244 e. The van der Waals surface area contributed by atoms with Gasteiger partial charge >= 0.3 is 0 Å². The zero-order chi connectivity index (χ0) is 23.6. The topological polar surface area (TPSA) is 97.5 Å². The average molecular weight is 481 g/mol. The van der Waals surface area contributed by atoms with Gasteiger partial charge in [0.15, 0.2) is 5.78 Å². The molecule has 1 amide bonds. The Morgan fingerprint density at radius 2 is 1.78 bits per heavy atom. The van der Waals surface area contributed by atoms with Gasteiger partial charge in [-0.25, -0.2) is 8.42 Å².